The van der Waals surface area contributed by atoms with Crippen LogP contribution in [0.15, 0.2) is 53.7 Å². The average molecular weight is 295 g/mol. The molecule has 1 aromatic heterocycles. The Morgan fingerprint density at radius 3 is 2.35 bits per heavy atom. The molecule has 0 saturated heterocycles. The SMILES string of the molecule is O=C([O-])c1ccc(SCCCc2ccncc2)cc1.[Na+]. The van der Waals surface area contributed by atoms with Crippen LogP contribution in [0.3, 0.4) is 0 Å². The number of nitrogens with zero attached hydrogens (tertiary/aromatic N) is 1. The normalized spacial score (nSPS) is 9.80. The Kier molecular flexibility index (Phi) is 7.92. The Balaban J connectivity index is 0.00000200. The summed E-state index contributed by atoms with van der Waals surface area (Å²) in [6.45, 7) is 0. The fraction of sp³-hybridized carbons (Fsp3) is 0.200. The van der Waals surface area contributed by atoms with Crippen LogP contribution in [-0.2, 0) is 6.42 Å². The van der Waals surface area contributed by atoms with Gasteiger partial charge < -0.3 is 9.90 Å². The van der Waals surface area contributed by atoms with Gasteiger partial charge in [-0.25, -0.2) is 0 Å². The zero-order chi connectivity index (χ0) is 13.5. The Morgan fingerprint density at radius 1 is 1.10 bits per heavy atom. The van der Waals surface area contributed by atoms with E-state index in [-0.39, 0.29) is 35.1 Å². The molecule has 0 N–H and O–H groups in total. The summed E-state index contributed by atoms with van der Waals surface area (Å²) in [7, 11) is 0. The predicted octanol–water partition coefficient (Wildman–Crippen LogP) is -0.826. The monoisotopic (exact) mass is 295 g/mol. The topological polar surface area (TPSA) is 53.0 Å². The maximum atomic E-state index is 10.6. The fourth-order valence-electron chi connectivity index (χ4n) is 1.70. The summed E-state index contributed by atoms with van der Waals surface area (Å²) in [6.07, 6.45) is 5.73. The quantitative estimate of drug-likeness (QED) is 0.397. The van der Waals surface area contributed by atoms with Crippen LogP contribution in [0.2, 0.25) is 0 Å². The number of thioether (sulfide) groups is 1. The minimum Gasteiger partial charge on any atom is -0.545 e. The molecule has 0 saturated carbocycles. The maximum absolute atomic E-state index is 10.6. The number of aryl methyl sites for hydroxylation is 1. The molecule has 0 atom stereocenters. The van der Waals surface area contributed by atoms with Crippen LogP contribution in [0, 0.1) is 0 Å². The van der Waals surface area contributed by atoms with Gasteiger partial charge in [0.05, 0.1) is 5.97 Å². The van der Waals surface area contributed by atoms with Crippen LogP contribution in [0.5, 0.6) is 0 Å². The van der Waals surface area contributed by atoms with Crippen LogP contribution in [0.1, 0.15) is 22.3 Å². The van der Waals surface area contributed by atoms with E-state index in [0.717, 1.165) is 23.5 Å². The van der Waals surface area contributed by atoms with Crippen molar-refractivity contribution in [1.82, 2.24) is 4.98 Å². The van der Waals surface area contributed by atoms with E-state index in [9.17, 15) is 9.90 Å². The van der Waals surface area contributed by atoms with Crippen molar-refractivity contribution in [3.8, 4) is 0 Å². The summed E-state index contributed by atoms with van der Waals surface area (Å²) < 4.78 is 0. The molecule has 0 aliphatic heterocycles. The van der Waals surface area contributed by atoms with Crippen molar-refractivity contribution in [2.45, 2.75) is 17.7 Å². The first-order chi connectivity index (χ1) is 9.25. The number of carbonyl (C=O) groups is 1. The molecular weight excluding hydrogens is 281 g/mol. The van der Waals surface area contributed by atoms with Gasteiger partial charge in [-0.05, 0) is 54.0 Å². The minimum absolute atomic E-state index is 0. The molecule has 0 amide bonds. The molecule has 0 bridgehead atoms. The van der Waals surface area contributed by atoms with E-state index < -0.39 is 5.97 Å². The molecule has 20 heavy (non-hydrogen) atoms. The molecule has 2 rings (SSSR count). The Hall–Kier alpha value is -0.810. The number of aromatic nitrogens is 1. The maximum Gasteiger partial charge on any atom is 1.00 e. The molecule has 2 aromatic rings. The number of carboxylic acid groups (broad SMARTS) is 1. The number of rotatable bonds is 6. The second-order valence-corrected chi connectivity index (χ2v) is 5.29. The molecule has 0 spiro atoms. The minimum atomic E-state index is -1.13. The van der Waals surface area contributed by atoms with Crippen LogP contribution in [0.4, 0.5) is 0 Å². The third-order valence-corrected chi connectivity index (χ3v) is 3.82. The predicted molar refractivity (Wildman–Crippen MR) is 74.1 cm³/mol. The van der Waals surface area contributed by atoms with Crippen LogP contribution in [0.25, 0.3) is 0 Å². The Bertz CT molecular complexity index is 531. The number of carbonyl (C=O) groups excluding carboxylic acids is 1. The van der Waals surface area contributed by atoms with Gasteiger partial charge in [0, 0.05) is 17.3 Å². The third-order valence-electron chi connectivity index (χ3n) is 2.72. The van der Waals surface area contributed by atoms with Gasteiger partial charge in [-0.2, -0.15) is 0 Å². The zero-order valence-electron chi connectivity index (χ0n) is 11.4. The summed E-state index contributed by atoms with van der Waals surface area (Å²) in [5.41, 5.74) is 1.52. The summed E-state index contributed by atoms with van der Waals surface area (Å²) in [5.74, 6) is -0.123. The van der Waals surface area contributed by atoms with E-state index in [1.54, 1.807) is 36.3 Å². The molecule has 3 nitrogen and oxygen atoms in total. The second kappa shape index (κ2) is 9.19. The molecule has 0 fully saturated rings. The van der Waals surface area contributed by atoms with Crippen molar-refractivity contribution >= 4 is 17.7 Å². The molecule has 1 aromatic carbocycles. The molecule has 1 heterocycles. The first kappa shape index (κ1) is 17.2. The summed E-state index contributed by atoms with van der Waals surface area (Å²) in [6, 6.07) is 10.9. The van der Waals surface area contributed by atoms with Gasteiger partial charge in [-0.15, -0.1) is 11.8 Å². The van der Waals surface area contributed by atoms with Crippen LogP contribution in [-0.4, -0.2) is 16.7 Å². The second-order valence-electron chi connectivity index (χ2n) is 4.12. The molecule has 5 heteroatoms. The largest absolute Gasteiger partial charge is 1.00 e. The molecule has 98 valence electrons. The number of hydrogen-bond donors (Lipinski definition) is 0. The van der Waals surface area contributed by atoms with Crippen LogP contribution < -0.4 is 34.7 Å². The van der Waals surface area contributed by atoms with Gasteiger partial charge in [0.1, 0.15) is 0 Å². The van der Waals surface area contributed by atoms with E-state index in [2.05, 4.69) is 4.98 Å². The van der Waals surface area contributed by atoms with E-state index in [0.29, 0.717) is 0 Å². The zero-order valence-corrected chi connectivity index (χ0v) is 14.2. The standard InChI is InChI=1S/C15H15NO2S.Na/c17-15(18)13-3-5-14(6-4-13)19-11-1-2-12-7-9-16-10-8-12;/h3-10H,1-2,11H2,(H,17,18);/q;+1/p-1. The van der Waals surface area contributed by atoms with Gasteiger partial charge >= 0.3 is 29.6 Å². The van der Waals surface area contributed by atoms with Gasteiger partial charge in [-0.1, -0.05) is 12.1 Å². The smallest absolute Gasteiger partial charge is 0.545 e. The van der Waals surface area contributed by atoms with E-state index in [1.807, 2.05) is 24.3 Å². The Labute approximate surface area is 145 Å². The van der Waals surface area contributed by atoms with Gasteiger partial charge in [0.15, 0.2) is 0 Å². The number of aromatic carboxylic acids is 1. The molecule has 0 aliphatic carbocycles. The van der Waals surface area contributed by atoms with Crippen molar-refractivity contribution in [2.24, 2.45) is 0 Å². The number of hydrogen-bond acceptors (Lipinski definition) is 4. The van der Waals surface area contributed by atoms with E-state index in [1.165, 1.54) is 5.56 Å². The fourth-order valence-corrected chi connectivity index (χ4v) is 2.56. The summed E-state index contributed by atoms with van der Waals surface area (Å²) in [4.78, 5) is 15.7. The average Bonchev–Trinajstić information content (AvgIpc) is 2.45. The van der Waals surface area contributed by atoms with Gasteiger partial charge in [0.25, 0.3) is 0 Å². The molecule has 0 unspecified atom stereocenters. The first-order valence-electron chi connectivity index (χ1n) is 6.09. The van der Waals surface area contributed by atoms with Gasteiger partial charge in [-0.3, -0.25) is 4.98 Å². The van der Waals surface area contributed by atoms with E-state index >= 15 is 0 Å². The summed E-state index contributed by atoms with van der Waals surface area (Å²) in [5, 5.41) is 10.6. The van der Waals surface area contributed by atoms with Gasteiger partial charge in [0.2, 0.25) is 0 Å². The first-order valence-corrected chi connectivity index (χ1v) is 7.07. The van der Waals surface area contributed by atoms with Crippen molar-refractivity contribution in [3.63, 3.8) is 0 Å². The Morgan fingerprint density at radius 2 is 1.75 bits per heavy atom. The number of pyridine rings is 1. The number of benzene rings is 1. The van der Waals surface area contributed by atoms with Crippen molar-refractivity contribution in [2.75, 3.05) is 5.75 Å². The molecule has 0 radical (unpaired) electrons. The molecular formula is C15H14NNaO2S. The van der Waals surface area contributed by atoms with Crippen LogP contribution >= 0.6 is 11.8 Å². The van der Waals surface area contributed by atoms with Crippen molar-refractivity contribution in [3.05, 3.63) is 59.9 Å². The van der Waals surface area contributed by atoms with Crippen molar-refractivity contribution < 1.29 is 39.5 Å². The number of carboxylic acids is 1. The third kappa shape index (κ3) is 5.67. The van der Waals surface area contributed by atoms with E-state index in [4.69, 9.17) is 0 Å². The van der Waals surface area contributed by atoms with Crippen molar-refractivity contribution in [1.29, 1.82) is 0 Å². The summed E-state index contributed by atoms with van der Waals surface area (Å²) >= 11 is 1.73. The molecule has 0 aliphatic rings.